The van der Waals surface area contributed by atoms with E-state index in [9.17, 15) is 9.59 Å². The van der Waals surface area contributed by atoms with E-state index in [0.717, 1.165) is 11.3 Å². The molecule has 7 heteroatoms. The minimum atomic E-state index is -0.273. The van der Waals surface area contributed by atoms with Crippen LogP contribution >= 0.6 is 0 Å². The Bertz CT molecular complexity index is 698. The fourth-order valence-electron chi connectivity index (χ4n) is 1.81. The molecule has 21 heavy (non-hydrogen) atoms. The summed E-state index contributed by atoms with van der Waals surface area (Å²) in [4.78, 5) is 23.0. The Morgan fingerprint density at radius 1 is 1.33 bits per heavy atom. The smallest absolute Gasteiger partial charge is 0.267 e. The van der Waals surface area contributed by atoms with Gasteiger partial charge in [-0.25, -0.2) is 5.43 Å². The maximum atomic E-state index is 11.6. The monoisotopic (exact) mass is 288 g/mol. The highest BCUT2D eigenvalue weighted by molar-refractivity contribution is 5.82. The Labute approximate surface area is 120 Å². The van der Waals surface area contributed by atoms with Gasteiger partial charge in [-0.15, -0.1) is 0 Å². The summed E-state index contributed by atoms with van der Waals surface area (Å²) >= 11 is 0. The summed E-state index contributed by atoms with van der Waals surface area (Å²) < 4.78 is 0. The molecule has 1 amide bonds. The number of amides is 1. The minimum Gasteiger partial charge on any atom is -0.508 e. The molecule has 4 N–H and O–H groups in total. The van der Waals surface area contributed by atoms with Crippen molar-refractivity contribution >= 4 is 12.1 Å². The number of aromatic hydroxyl groups is 1. The molecule has 7 nitrogen and oxygen atoms in total. The maximum Gasteiger partial charge on any atom is 0.267 e. The summed E-state index contributed by atoms with van der Waals surface area (Å²) in [5.74, 6) is -0.103. The number of aromatic amines is 2. The molecule has 0 aliphatic heterocycles. The second-order valence-electron chi connectivity index (χ2n) is 4.57. The number of carbonyl (C=O) groups excluding carboxylic acids is 1. The van der Waals surface area contributed by atoms with Gasteiger partial charge >= 0.3 is 0 Å². The molecular formula is C14H16N4O3. The second-order valence-corrected chi connectivity index (χ2v) is 4.57. The van der Waals surface area contributed by atoms with E-state index in [2.05, 4.69) is 20.7 Å². The zero-order valence-corrected chi connectivity index (χ0v) is 11.5. The molecule has 0 atom stereocenters. The van der Waals surface area contributed by atoms with Gasteiger partial charge in [-0.1, -0.05) is 0 Å². The van der Waals surface area contributed by atoms with Gasteiger partial charge in [0.25, 0.3) is 5.56 Å². The van der Waals surface area contributed by atoms with Crippen LogP contribution in [0.2, 0.25) is 0 Å². The number of nitrogens with zero attached hydrogens (tertiary/aromatic N) is 1. The quantitative estimate of drug-likeness (QED) is 0.482. The van der Waals surface area contributed by atoms with Gasteiger partial charge in [-0.2, -0.15) is 5.10 Å². The first-order chi connectivity index (χ1) is 10.1. The third-order valence-corrected chi connectivity index (χ3v) is 2.99. The average molecular weight is 288 g/mol. The molecule has 1 aromatic heterocycles. The lowest BCUT2D eigenvalue weighted by atomic mass is 10.1. The molecule has 0 saturated heterocycles. The summed E-state index contributed by atoms with van der Waals surface area (Å²) in [5.41, 5.74) is 4.26. The number of hydrogen-bond donors (Lipinski definition) is 4. The first-order valence-electron chi connectivity index (χ1n) is 6.43. The van der Waals surface area contributed by atoms with Crippen LogP contribution in [0.4, 0.5) is 0 Å². The molecule has 0 spiro atoms. The molecule has 110 valence electrons. The van der Waals surface area contributed by atoms with Crippen molar-refractivity contribution in [3.8, 4) is 5.75 Å². The van der Waals surface area contributed by atoms with E-state index in [1.807, 2.05) is 0 Å². The summed E-state index contributed by atoms with van der Waals surface area (Å²) in [6.07, 6.45) is 2.01. The number of hydrazone groups is 1. The molecular weight excluding hydrogens is 272 g/mol. The average Bonchev–Trinajstić information content (AvgIpc) is 2.78. The molecule has 0 aliphatic rings. The molecule has 0 saturated carbocycles. The highest BCUT2D eigenvalue weighted by atomic mass is 16.3. The first-order valence-corrected chi connectivity index (χ1v) is 6.43. The highest BCUT2D eigenvalue weighted by Gasteiger charge is 2.08. The van der Waals surface area contributed by atoms with Crippen molar-refractivity contribution in [3.63, 3.8) is 0 Å². The third-order valence-electron chi connectivity index (χ3n) is 2.99. The van der Waals surface area contributed by atoms with Crippen LogP contribution in [0.3, 0.4) is 0 Å². The molecule has 0 unspecified atom stereocenters. The van der Waals surface area contributed by atoms with Gasteiger partial charge < -0.3 is 10.2 Å². The number of hydrogen-bond acceptors (Lipinski definition) is 4. The van der Waals surface area contributed by atoms with Crippen molar-refractivity contribution in [1.29, 1.82) is 0 Å². The van der Waals surface area contributed by atoms with Crippen LogP contribution in [0.1, 0.15) is 23.2 Å². The standard InChI is InChI=1S/C14H16N4O3/c1-9-12(14(21)18-16-9)6-7-13(20)17-15-8-10-2-4-11(19)5-3-10/h2-5,8,19H,6-7H2,1H3,(H,17,20)(H2,16,18,21). The van der Waals surface area contributed by atoms with Gasteiger partial charge in [0.2, 0.25) is 5.91 Å². The van der Waals surface area contributed by atoms with E-state index in [1.165, 1.54) is 18.3 Å². The number of H-pyrrole nitrogens is 2. The summed E-state index contributed by atoms with van der Waals surface area (Å²) in [6, 6.07) is 6.41. The largest absolute Gasteiger partial charge is 0.508 e. The van der Waals surface area contributed by atoms with Crippen LogP contribution in [0.5, 0.6) is 5.75 Å². The normalized spacial score (nSPS) is 10.9. The van der Waals surface area contributed by atoms with Gasteiger partial charge in [-0.3, -0.25) is 14.7 Å². The number of benzene rings is 1. The van der Waals surface area contributed by atoms with Crippen molar-refractivity contribution < 1.29 is 9.90 Å². The number of carbonyl (C=O) groups is 1. The Morgan fingerprint density at radius 2 is 2.05 bits per heavy atom. The van der Waals surface area contributed by atoms with Crippen LogP contribution < -0.4 is 11.0 Å². The molecule has 2 aromatic rings. The lowest BCUT2D eigenvalue weighted by molar-refractivity contribution is -0.121. The van der Waals surface area contributed by atoms with Crippen LogP contribution in [0.15, 0.2) is 34.2 Å². The summed E-state index contributed by atoms with van der Waals surface area (Å²) in [5, 5.41) is 18.1. The Balaban J connectivity index is 1.82. The maximum absolute atomic E-state index is 11.6. The number of nitrogens with one attached hydrogen (secondary N) is 3. The van der Waals surface area contributed by atoms with E-state index < -0.39 is 0 Å². The van der Waals surface area contributed by atoms with Gasteiger partial charge in [0.05, 0.1) is 6.21 Å². The molecule has 1 heterocycles. The van der Waals surface area contributed by atoms with E-state index in [-0.39, 0.29) is 23.6 Å². The number of aromatic nitrogens is 2. The second kappa shape index (κ2) is 6.56. The number of phenolic OH excluding ortho intramolecular Hbond substituents is 1. The number of aryl methyl sites for hydroxylation is 1. The lowest BCUT2D eigenvalue weighted by Gasteiger charge is -1.99. The Morgan fingerprint density at radius 3 is 2.67 bits per heavy atom. The fourth-order valence-corrected chi connectivity index (χ4v) is 1.81. The van der Waals surface area contributed by atoms with Crippen molar-refractivity contribution in [1.82, 2.24) is 15.6 Å². The van der Waals surface area contributed by atoms with Crippen molar-refractivity contribution in [2.24, 2.45) is 5.10 Å². The molecule has 1 aromatic carbocycles. The van der Waals surface area contributed by atoms with E-state index >= 15 is 0 Å². The fraction of sp³-hybridized carbons (Fsp3) is 0.214. The first kappa shape index (κ1) is 14.6. The summed E-state index contributed by atoms with van der Waals surface area (Å²) in [7, 11) is 0. The molecule has 0 fully saturated rings. The predicted octanol–water partition coefficient (Wildman–Crippen LogP) is 0.800. The molecule has 0 aliphatic carbocycles. The van der Waals surface area contributed by atoms with E-state index in [4.69, 9.17) is 5.11 Å². The van der Waals surface area contributed by atoms with Crippen LogP contribution in [-0.2, 0) is 11.2 Å². The summed E-state index contributed by atoms with van der Waals surface area (Å²) in [6.45, 7) is 1.77. The highest BCUT2D eigenvalue weighted by Crippen LogP contribution is 2.07. The Kier molecular flexibility index (Phi) is 4.55. The SMILES string of the molecule is Cc1[nH][nH]c(=O)c1CCC(=O)NN=Cc1ccc(O)cc1. The van der Waals surface area contributed by atoms with Crippen molar-refractivity contribution in [2.45, 2.75) is 19.8 Å². The van der Waals surface area contributed by atoms with Gasteiger partial charge in [0.1, 0.15) is 5.75 Å². The predicted molar refractivity (Wildman–Crippen MR) is 78.3 cm³/mol. The van der Waals surface area contributed by atoms with E-state index in [1.54, 1.807) is 19.1 Å². The van der Waals surface area contributed by atoms with Gasteiger partial charge in [0.15, 0.2) is 0 Å². The lowest BCUT2D eigenvalue weighted by Crippen LogP contribution is -2.19. The topological polar surface area (TPSA) is 110 Å². The van der Waals surface area contributed by atoms with Gasteiger partial charge in [0, 0.05) is 17.7 Å². The number of rotatable bonds is 5. The van der Waals surface area contributed by atoms with E-state index in [0.29, 0.717) is 12.0 Å². The minimum absolute atomic E-state index is 0.170. The third kappa shape index (κ3) is 4.07. The number of phenols is 1. The zero-order chi connectivity index (χ0) is 15.2. The Hall–Kier alpha value is -2.83. The molecule has 2 rings (SSSR count). The van der Waals surface area contributed by atoms with Crippen molar-refractivity contribution in [2.75, 3.05) is 0 Å². The molecule has 0 radical (unpaired) electrons. The van der Waals surface area contributed by atoms with Crippen LogP contribution in [0.25, 0.3) is 0 Å². The van der Waals surface area contributed by atoms with Crippen LogP contribution in [-0.4, -0.2) is 27.4 Å². The molecule has 0 bridgehead atoms. The zero-order valence-electron chi connectivity index (χ0n) is 11.5. The van der Waals surface area contributed by atoms with Gasteiger partial charge in [-0.05, 0) is 43.2 Å². The van der Waals surface area contributed by atoms with Crippen molar-refractivity contribution in [3.05, 3.63) is 51.4 Å². The van der Waals surface area contributed by atoms with Crippen LogP contribution in [0, 0.1) is 6.92 Å².